The van der Waals surface area contributed by atoms with Crippen LogP contribution in [0.15, 0.2) is 30.3 Å². The minimum atomic E-state index is -0.691. The van der Waals surface area contributed by atoms with E-state index in [1.165, 1.54) is 0 Å². The van der Waals surface area contributed by atoms with Crippen LogP contribution in [0.4, 0.5) is 5.69 Å². The molecule has 92 valence electrons. The Balaban J connectivity index is 2.61. The number of para-hydroxylation sites is 1. The average Bonchev–Trinajstić information content (AvgIpc) is 2.29. The predicted molar refractivity (Wildman–Crippen MR) is 66.3 cm³/mol. The largest absolute Gasteiger partial charge is 0.373 e. The van der Waals surface area contributed by atoms with Crippen molar-refractivity contribution in [2.24, 2.45) is 5.73 Å². The molecule has 0 bridgehead atoms. The molecule has 0 radical (unpaired) electrons. The van der Waals surface area contributed by atoms with Gasteiger partial charge in [0.05, 0.1) is 6.42 Å². The molecule has 0 saturated carbocycles. The zero-order valence-electron chi connectivity index (χ0n) is 9.77. The summed E-state index contributed by atoms with van der Waals surface area (Å²) in [4.78, 5) is 22.6. The van der Waals surface area contributed by atoms with E-state index in [0.717, 1.165) is 5.69 Å². The summed E-state index contributed by atoms with van der Waals surface area (Å²) in [6.45, 7) is 2.36. The Bertz CT molecular complexity index is 379. The Morgan fingerprint density at radius 3 is 2.47 bits per heavy atom. The van der Waals surface area contributed by atoms with Gasteiger partial charge in [-0.1, -0.05) is 18.2 Å². The highest BCUT2D eigenvalue weighted by molar-refractivity contribution is 5.89. The van der Waals surface area contributed by atoms with E-state index in [1.54, 1.807) is 0 Å². The molecule has 1 unspecified atom stereocenters. The van der Waals surface area contributed by atoms with Crippen molar-refractivity contribution in [2.75, 3.05) is 11.9 Å². The van der Waals surface area contributed by atoms with Crippen LogP contribution in [-0.4, -0.2) is 24.4 Å². The summed E-state index contributed by atoms with van der Waals surface area (Å²) >= 11 is 0. The molecule has 1 rings (SSSR count). The standard InChI is InChI=1S/C12H17N3O2/c1-2-14-11(16)8-10(12(13)17)15-9-6-4-3-5-7-9/h3-7,10,15H,2,8H2,1H3,(H2,13,17)(H,14,16). The molecular weight excluding hydrogens is 218 g/mol. The van der Waals surface area contributed by atoms with Gasteiger partial charge < -0.3 is 16.4 Å². The van der Waals surface area contributed by atoms with Crippen LogP contribution >= 0.6 is 0 Å². The Morgan fingerprint density at radius 1 is 1.29 bits per heavy atom. The van der Waals surface area contributed by atoms with Gasteiger partial charge in [0.25, 0.3) is 0 Å². The molecular formula is C12H17N3O2. The second-order valence-corrected chi connectivity index (χ2v) is 3.62. The molecule has 0 aliphatic rings. The molecule has 0 aromatic heterocycles. The van der Waals surface area contributed by atoms with Crippen LogP contribution in [0.3, 0.4) is 0 Å². The van der Waals surface area contributed by atoms with Crippen LogP contribution in [0, 0.1) is 0 Å². The lowest BCUT2D eigenvalue weighted by atomic mass is 10.1. The van der Waals surface area contributed by atoms with E-state index in [0.29, 0.717) is 6.54 Å². The monoisotopic (exact) mass is 235 g/mol. The minimum absolute atomic E-state index is 0.0397. The van der Waals surface area contributed by atoms with Crippen LogP contribution in [0.1, 0.15) is 13.3 Å². The molecule has 1 atom stereocenters. The molecule has 0 saturated heterocycles. The van der Waals surface area contributed by atoms with Crippen LogP contribution in [0.2, 0.25) is 0 Å². The van der Waals surface area contributed by atoms with Crippen molar-refractivity contribution in [1.29, 1.82) is 0 Å². The van der Waals surface area contributed by atoms with Gasteiger partial charge in [0, 0.05) is 12.2 Å². The van der Waals surface area contributed by atoms with E-state index in [2.05, 4.69) is 10.6 Å². The lowest BCUT2D eigenvalue weighted by molar-refractivity contribution is -0.125. The van der Waals surface area contributed by atoms with Crippen molar-refractivity contribution in [3.63, 3.8) is 0 Å². The van der Waals surface area contributed by atoms with Gasteiger partial charge in [-0.25, -0.2) is 0 Å². The quantitative estimate of drug-likeness (QED) is 0.670. The molecule has 17 heavy (non-hydrogen) atoms. The third kappa shape index (κ3) is 4.55. The number of amides is 2. The molecule has 0 aliphatic heterocycles. The van der Waals surface area contributed by atoms with Gasteiger partial charge in [0.2, 0.25) is 11.8 Å². The van der Waals surface area contributed by atoms with Crippen molar-refractivity contribution >= 4 is 17.5 Å². The second-order valence-electron chi connectivity index (χ2n) is 3.62. The Morgan fingerprint density at radius 2 is 1.94 bits per heavy atom. The van der Waals surface area contributed by atoms with Crippen LogP contribution in [0.25, 0.3) is 0 Å². The fraction of sp³-hybridized carbons (Fsp3) is 0.333. The molecule has 4 N–H and O–H groups in total. The lowest BCUT2D eigenvalue weighted by Gasteiger charge is -2.16. The van der Waals surface area contributed by atoms with Crippen molar-refractivity contribution in [3.05, 3.63) is 30.3 Å². The van der Waals surface area contributed by atoms with E-state index in [9.17, 15) is 9.59 Å². The van der Waals surface area contributed by atoms with E-state index in [1.807, 2.05) is 37.3 Å². The van der Waals surface area contributed by atoms with Crippen molar-refractivity contribution in [3.8, 4) is 0 Å². The van der Waals surface area contributed by atoms with E-state index in [-0.39, 0.29) is 12.3 Å². The van der Waals surface area contributed by atoms with E-state index in [4.69, 9.17) is 5.73 Å². The molecule has 0 heterocycles. The molecule has 1 aromatic rings. The molecule has 2 amide bonds. The number of carbonyl (C=O) groups excluding carboxylic acids is 2. The number of anilines is 1. The first-order valence-electron chi connectivity index (χ1n) is 5.51. The molecule has 5 heteroatoms. The lowest BCUT2D eigenvalue weighted by Crippen LogP contribution is -2.40. The van der Waals surface area contributed by atoms with Crippen molar-refractivity contribution in [2.45, 2.75) is 19.4 Å². The summed E-state index contributed by atoms with van der Waals surface area (Å²) in [5.41, 5.74) is 6.01. The molecule has 0 aliphatic carbocycles. The first kappa shape index (κ1) is 13.0. The number of carbonyl (C=O) groups is 2. The zero-order chi connectivity index (χ0) is 12.7. The Labute approximate surface area is 100 Å². The molecule has 5 nitrogen and oxygen atoms in total. The highest BCUT2D eigenvalue weighted by atomic mass is 16.2. The summed E-state index contributed by atoms with van der Waals surface area (Å²) in [6, 6.07) is 8.48. The predicted octanol–water partition coefficient (Wildman–Crippen LogP) is 0.479. The highest BCUT2D eigenvalue weighted by Crippen LogP contribution is 2.08. The van der Waals surface area contributed by atoms with Gasteiger partial charge >= 0.3 is 0 Å². The maximum Gasteiger partial charge on any atom is 0.240 e. The van der Waals surface area contributed by atoms with Crippen LogP contribution in [-0.2, 0) is 9.59 Å². The molecule has 1 aromatic carbocycles. The SMILES string of the molecule is CCNC(=O)CC(Nc1ccccc1)C(N)=O. The first-order valence-corrected chi connectivity index (χ1v) is 5.51. The first-order chi connectivity index (χ1) is 8.13. The Kier molecular flexibility index (Phi) is 5.00. The summed E-state index contributed by atoms with van der Waals surface area (Å²) < 4.78 is 0. The minimum Gasteiger partial charge on any atom is -0.373 e. The zero-order valence-corrected chi connectivity index (χ0v) is 9.77. The van der Waals surface area contributed by atoms with Crippen molar-refractivity contribution in [1.82, 2.24) is 5.32 Å². The maximum absolute atomic E-state index is 11.4. The smallest absolute Gasteiger partial charge is 0.240 e. The number of benzene rings is 1. The van der Waals surface area contributed by atoms with Gasteiger partial charge in [0.15, 0.2) is 0 Å². The van der Waals surface area contributed by atoms with Gasteiger partial charge in [-0.15, -0.1) is 0 Å². The topological polar surface area (TPSA) is 84.2 Å². The van der Waals surface area contributed by atoms with Crippen LogP contribution in [0.5, 0.6) is 0 Å². The number of primary amides is 1. The highest BCUT2D eigenvalue weighted by Gasteiger charge is 2.18. The second kappa shape index (κ2) is 6.52. The summed E-state index contributed by atoms with van der Waals surface area (Å²) in [5, 5.41) is 5.56. The number of rotatable bonds is 6. The van der Waals surface area contributed by atoms with Gasteiger partial charge in [-0.05, 0) is 19.1 Å². The fourth-order valence-electron chi connectivity index (χ4n) is 1.41. The van der Waals surface area contributed by atoms with Gasteiger partial charge in [-0.3, -0.25) is 9.59 Å². The summed E-state index contributed by atoms with van der Waals surface area (Å²) in [7, 11) is 0. The van der Waals surface area contributed by atoms with Crippen molar-refractivity contribution < 1.29 is 9.59 Å². The summed E-state index contributed by atoms with van der Waals surface area (Å²) in [6.07, 6.45) is 0.0397. The fourth-order valence-corrected chi connectivity index (χ4v) is 1.41. The van der Waals surface area contributed by atoms with Gasteiger partial charge in [0.1, 0.15) is 6.04 Å². The third-order valence-electron chi connectivity index (χ3n) is 2.22. The number of hydrogen-bond donors (Lipinski definition) is 3. The summed E-state index contributed by atoms with van der Waals surface area (Å²) in [5.74, 6) is -0.736. The Hall–Kier alpha value is -2.04. The normalized spacial score (nSPS) is 11.6. The molecule has 0 spiro atoms. The van der Waals surface area contributed by atoms with E-state index >= 15 is 0 Å². The average molecular weight is 235 g/mol. The van der Waals surface area contributed by atoms with Gasteiger partial charge in [-0.2, -0.15) is 0 Å². The number of nitrogens with two attached hydrogens (primary N) is 1. The molecule has 0 fully saturated rings. The maximum atomic E-state index is 11.4. The van der Waals surface area contributed by atoms with Crippen LogP contribution < -0.4 is 16.4 Å². The van der Waals surface area contributed by atoms with E-state index < -0.39 is 11.9 Å². The number of nitrogens with one attached hydrogen (secondary N) is 2. The third-order valence-corrected chi connectivity index (χ3v) is 2.22. The number of hydrogen-bond acceptors (Lipinski definition) is 3.